The van der Waals surface area contributed by atoms with E-state index in [0.29, 0.717) is 11.8 Å². The molecule has 0 spiro atoms. The van der Waals surface area contributed by atoms with E-state index in [1.807, 2.05) is 12.1 Å². The zero-order valence-corrected chi connectivity index (χ0v) is 12.7. The molecule has 3 atom stereocenters. The third-order valence-electron chi connectivity index (χ3n) is 3.39. The molecule has 0 amide bonds. The van der Waals surface area contributed by atoms with E-state index in [2.05, 4.69) is 45.1 Å². The van der Waals surface area contributed by atoms with Crippen molar-refractivity contribution in [2.75, 3.05) is 6.54 Å². The Kier molecular flexibility index (Phi) is 6.58. The highest BCUT2D eigenvalue weighted by atomic mass is 32.2. The molecule has 0 aliphatic rings. The molecular weight excluding hydrogens is 242 g/mol. The van der Waals surface area contributed by atoms with Crippen molar-refractivity contribution in [2.24, 2.45) is 0 Å². The van der Waals surface area contributed by atoms with Crippen molar-refractivity contribution in [1.82, 2.24) is 5.32 Å². The number of rotatable bonds is 7. The maximum absolute atomic E-state index is 12.3. The van der Waals surface area contributed by atoms with Gasteiger partial charge in [0.2, 0.25) is 0 Å². The summed E-state index contributed by atoms with van der Waals surface area (Å²) in [6, 6.07) is 8.49. The van der Waals surface area contributed by atoms with E-state index in [0.717, 1.165) is 13.0 Å². The molecule has 2 nitrogen and oxygen atoms in total. The first-order valence-electron chi connectivity index (χ1n) is 6.71. The van der Waals surface area contributed by atoms with E-state index in [1.54, 1.807) is 0 Å². The summed E-state index contributed by atoms with van der Waals surface area (Å²) in [7, 11) is -0.822. The Bertz CT molecular complexity index is 392. The predicted molar refractivity (Wildman–Crippen MR) is 80.2 cm³/mol. The highest BCUT2D eigenvalue weighted by molar-refractivity contribution is 7.84. The van der Waals surface area contributed by atoms with Crippen LogP contribution in [-0.2, 0) is 16.6 Å². The summed E-state index contributed by atoms with van der Waals surface area (Å²) in [6.07, 6.45) is 1.11. The molecule has 0 heterocycles. The average molecular weight is 267 g/mol. The third-order valence-corrected chi connectivity index (χ3v) is 5.23. The molecule has 0 fully saturated rings. The summed E-state index contributed by atoms with van der Waals surface area (Å²) >= 11 is 0. The first kappa shape index (κ1) is 15.4. The summed E-state index contributed by atoms with van der Waals surface area (Å²) in [4.78, 5) is 0. The molecule has 102 valence electrons. The van der Waals surface area contributed by atoms with Crippen LogP contribution in [0.1, 0.15) is 38.3 Å². The number of aryl methyl sites for hydroxylation is 1. The smallest absolute Gasteiger partial charge is 0.0491 e. The lowest BCUT2D eigenvalue weighted by molar-refractivity contribution is 0.531. The van der Waals surface area contributed by atoms with Crippen LogP contribution in [-0.4, -0.2) is 22.0 Å². The molecule has 1 aromatic carbocycles. The van der Waals surface area contributed by atoms with Gasteiger partial charge in [-0.3, -0.25) is 4.21 Å². The van der Waals surface area contributed by atoms with Gasteiger partial charge in [-0.25, -0.2) is 0 Å². The Balaban J connectivity index is 2.57. The Morgan fingerprint density at radius 3 is 2.56 bits per heavy atom. The van der Waals surface area contributed by atoms with Gasteiger partial charge in [0.05, 0.1) is 0 Å². The number of hydrogen-bond acceptors (Lipinski definition) is 2. The molecule has 0 saturated heterocycles. The molecule has 1 rings (SSSR count). The van der Waals surface area contributed by atoms with Gasteiger partial charge < -0.3 is 5.32 Å². The van der Waals surface area contributed by atoms with Crippen molar-refractivity contribution in [3.05, 3.63) is 35.4 Å². The molecule has 0 bridgehead atoms. The minimum atomic E-state index is -0.822. The second-order valence-corrected chi connectivity index (χ2v) is 6.69. The van der Waals surface area contributed by atoms with E-state index < -0.39 is 10.8 Å². The molecule has 18 heavy (non-hydrogen) atoms. The van der Waals surface area contributed by atoms with Crippen LogP contribution in [0.3, 0.4) is 0 Å². The van der Waals surface area contributed by atoms with Gasteiger partial charge >= 0.3 is 0 Å². The molecule has 0 saturated carbocycles. The largest absolute Gasteiger partial charge is 0.313 e. The quantitative estimate of drug-likeness (QED) is 0.823. The van der Waals surface area contributed by atoms with Crippen LogP contribution in [0.15, 0.2) is 24.3 Å². The fraction of sp³-hybridized carbons (Fsp3) is 0.600. The molecule has 0 aromatic heterocycles. The lowest BCUT2D eigenvalue weighted by Gasteiger charge is -2.21. The maximum atomic E-state index is 12.3. The van der Waals surface area contributed by atoms with Gasteiger partial charge in [0, 0.05) is 27.8 Å². The first-order chi connectivity index (χ1) is 8.56. The monoisotopic (exact) mass is 267 g/mol. The Labute approximate surface area is 114 Å². The summed E-state index contributed by atoms with van der Waals surface area (Å²) in [5, 5.41) is 3.60. The molecule has 1 aromatic rings. The van der Waals surface area contributed by atoms with Gasteiger partial charge in [-0.1, -0.05) is 31.2 Å². The zero-order valence-electron chi connectivity index (χ0n) is 11.9. The van der Waals surface area contributed by atoms with Gasteiger partial charge in [-0.15, -0.1) is 0 Å². The molecule has 0 aliphatic heterocycles. The van der Waals surface area contributed by atoms with E-state index in [1.165, 1.54) is 11.1 Å². The van der Waals surface area contributed by atoms with Gasteiger partial charge in [0.25, 0.3) is 0 Å². The lowest BCUT2D eigenvalue weighted by atomic mass is 10.1. The molecule has 1 N–H and O–H groups in total. The summed E-state index contributed by atoms with van der Waals surface area (Å²) in [5.41, 5.74) is 2.43. The highest BCUT2D eigenvalue weighted by Gasteiger charge is 2.18. The van der Waals surface area contributed by atoms with Crippen LogP contribution in [0, 0.1) is 6.92 Å². The van der Waals surface area contributed by atoms with Crippen molar-refractivity contribution >= 4 is 10.8 Å². The van der Waals surface area contributed by atoms with Crippen LogP contribution in [0.25, 0.3) is 0 Å². The predicted octanol–water partition coefficient (Wildman–Crippen LogP) is 3.02. The molecule has 3 unspecified atom stereocenters. The average Bonchev–Trinajstić information content (AvgIpc) is 2.37. The van der Waals surface area contributed by atoms with Crippen molar-refractivity contribution < 1.29 is 4.21 Å². The number of benzene rings is 1. The Hall–Kier alpha value is -0.670. The highest BCUT2D eigenvalue weighted by Crippen LogP contribution is 2.13. The standard InChI is InChI=1S/C15H25NOS/c1-5-10-16-13(3)14(4)18(17)11-15-9-7-6-8-12(15)2/h6-9,13-14,16H,5,10-11H2,1-4H3. The van der Waals surface area contributed by atoms with Gasteiger partial charge in [0.15, 0.2) is 0 Å². The second kappa shape index (κ2) is 7.70. The molecule has 3 heteroatoms. The van der Waals surface area contributed by atoms with Crippen LogP contribution in [0.4, 0.5) is 0 Å². The van der Waals surface area contributed by atoms with Crippen molar-refractivity contribution in [3.63, 3.8) is 0 Å². The van der Waals surface area contributed by atoms with Crippen molar-refractivity contribution in [2.45, 2.75) is 51.2 Å². The van der Waals surface area contributed by atoms with E-state index >= 15 is 0 Å². The van der Waals surface area contributed by atoms with Crippen LogP contribution in [0.2, 0.25) is 0 Å². The van der Waals surface area contributed by atoms with E-state index in [9.17, 15) is 4.21 Å². The van der Waals surface area contributed by atoms with Crippen molar-refractivity contribution in [1.29, 1.82) is 0 Å². The normalized spacial score (nSPS) is 16.2. The zero-order chi connectivity index (χ0) is 13.5. The summed E-state index contributed by atoms with van der Waals surface area (Å²) in [6.45, 7) is 9.41. The van der Waals surface area contributed by atoms with Gasteiger partial charge in [0.1, 0.15) is 0 Å². The molecule has 0 radical (unpaired) electrons. The molecular formula is C15H25NOS. The summed E-state index contributed by atoms with van der Waals surface area (Å²) < 4.78 is 12.3. The lowest BCUT2D eigenvalue weighted by Crippen LogP contribution is -2.38. The second-order valence-electron chi connectivity index (χ2n) is 4.90. The topological polar surface area (TPSA) is 29.1 Å². The SMILES string of the molecule is CCCNC(C)C(C)S(=O)Cc1ccccc1C. The van der Waals surface area contributed by atoms with E-state index in [4.69, 9.17) is 0 Å². The number of hydrogen-bond donors (Lipinski definition) is 1. The third kappa shape index (κ3) is 4.54. The van der Waals surface area contributed by atoms with Crippen molar-refractivity contribution in [3.8, 4) is 0 Å². The minimum absolute atomic E-state index is 0.177. The fourth-order valence-electron chi connectivity index (χ4n) is 1.82. The van der Waals surface area contributed by atoms with Crippen LogP contribution >= 0.6 is 0 Å². The Morgan fingerprint density at radius 1 is 1.28 bits per heavy atom. The van der Waals surface area contributed by atoms with Gasteiger partial charge in [-0.05, 0) is 44.9 Å². The first-order valence-corrected chi connectivity index (χ1v) is 8.09. The molecule has 0 aliphatic carbocycles. The summed E-state index contributed by atoms with van der Waals surface area (Å²) in [5.74, 6) is 0.659. The Morgan fingerprint density at radius 2 is 1.94 bits per heavy atom. The minimum Gasteiger partial charge on any atom is -0.313 e. The van der Waals surface area contributed by atoms with Gasteiger partial charge in [-0.2, -0.15) is 0 Å². The van der Waals surface area contributed by atoms with Crippen LogP contribution in [0.5, 0.6) is 0 Å². The maximum Gasteiger partial charge on any atom is 0.0491 e. The van der Waals surface area contributed by atoms with Crippen LogP contribution < -0.4 is 5.32 Å². The fourth-order valence-corrected chi connectivity index (χ4v) is 3.27. The number of nitrogens with one attached hydrogen (secondary N) is 1. The van der Waals surface area contributed by atoms with E-state index in [-0.39, 0.29) is 5.25 Å².